The van der Waals surface area contributed by atoms with Gasteiger partial charge < -0.3 is 5.43 Å². The van der Waals surface area contributed by atoms with Gasteiger partial charge in [-0.15, -0.1) is 0 Å². The average Bonchev–Trinajstić information content (AvgIpc) is 2.40. The molecule has 0 atom stereocenters. The van der Waals surface area contributed by atoms with Crippen molar-refractivity contribution < 1.29 is 0 Å². The van der Waals surface area contributed by atoms with Crippen LogP contribution in [0.2, 0.25) is 5.02 Å². The number of benzene rings is 2. The third-order valence-electron chi connectivity index (χ3n) is 2.73. The molecule has 0 radical (unpaired) electrons. The summed E-state index contributed by atoms with van der Waals surface area (Å²) in [5, 5.41) is 4.95. The number of hydrazone groups is 1. The highest BCUT2D eigenvalue weighted by Crippen LogP contribution is 2.16. The lowest BCUT2D eigenvalue weighted by Crippen LogP contribution is -2.05. The highest BCUT2D eigenvalue weighted by Gasteiger charge is 1.97. The second kappa shape index (κ2) is 6.73. The van der Waals surface area contributed by atoms with Crippen molar-refractivity contribution in [2.45, 2.75) is 13.5 Å². The molecule has 0 fully saturated rings. The SMILES string of the molecule is Cc1ccc(/C=N\NCc2ccccc2Cl)cc1Br. The van der Waals surface area contributed by atoms with Gasteiger partial charge in [0.2, 0.25) is 0 Å². The van der Waals surface area contributed by atoms with Crippen LogP contribution in [0.25, 0.3) is 0 Å². The van der Waals surface area contributed by atoms with E-state index in [0.717, 1.165) is 20.6 Å². The van der Waals surface area contributed by atoms with Gasteiger partial charge in [0.15, 0.2) is 0 Å². The number of nitrogens with one attached hydrogen (secondary N) is 1. The standard InChI is InChI=1S/C15H14BrClN2/c1-11-6-7-12(8-14(11)16)9-18-19-10-13-4-2-3-5-15(13)17/h2-9,19H,10H2,1H3/b18-9-. The third kappa shape index (κ3) is 4.08. The van der Waals surface area contributed by atoms with Gasteiger partial charge in [-0.25, -0.2) is 0 Å². The van der Waals surface area contributed by atoms with Crippen molar-refractivity contribution in [1.29, 1.82) is 0 Å². The molecule has 1 N–H and O–H groups in total. The maximum Gasteiger partial charge on any atom is 0.0594 e. The summed E-state index contributed by atoms with van der Waals surface area (Å²) in [6, 6.07) is 13.9. The predicted molar refractivity (Wildman–Crippen MR) is 84.8 cm³/mol. The van der Waals surface area contributed by atoms with Gasteiger partial charge in [-0.2, -0.15) is 5.10 Å². The molecule has 2 rings (SSSR count). The number of aryl methyl sites for hydroxylation is 1. The summed E-state index contributed by atoms with van der Waals surface area (Å²) >= 11 is 9.56. The van der Waals surface area contributed by atoms with Crippen molar-refractivity contribution in [3.05, 3.63) is 68.7 Å². The third-order valence-corrected chi connectivity index (χ3v) is 3.95. The molecule has 0 aliphatic carbocycles. The molecule has 0 spiro atoms. The normalized spacial score (nSPS) is 10.9. The van der Waals surface area contributed by atoms with Gasteiger partial charge in [0.25, 0.3) is 0 Å². The summed E-state index contributed by atoms with van der Waals surface area (Å²) in [6.45, 7) is 2.67. The first-order chi connectivity index (χ1) is 9.16. The zero-order valence-corrected chi connectivity index (χ0v) is 12.9. The van der Waals surface area contributed by atoms with Crippen molar-refractivity contribution in [2.24, 2.45) is 5.10 Å². The van der Waals surface area contributed by atoms with Crippen LogP contribution >= 0.6 is 27.5 Å². The molecule has 0 amide bonds. The van der Waals surface area contributed by atoms with E-state index in [-0.39, 0.29) is 0 Å². The van der Waals surface area contributed by atoms with Gasteiger partial charge in [0.05, 0.1) is 12.8 Å². The minimum absolute atomic E-state index is 0.614. The minimum atomic E-state index is 0.614. The van der Waals surface area contributed by atoms with Gasteiger partial charge in [-0.3, -0.25) is 0 Å². The molecule has 2 nitrogen and oxygen atoms in total. The van der Waals surface area contributed by atoms with E-state index in [1.54, 1.807) is 6.21 Å². The fourth-order valence-corrected chi connectivity index (χ4v) is 2.18. The summed E-state index contributed by atoms with van der Waals surface area (Å²) in [6.07, 6.45) is 1.79. The van der Waals surface area contributed by atoms with E-state index in [9.17, 15) is 0 Å². The Morgan fingerprint density at radius 3 is 2.79 bits per heavy atom. The van der Waals surface area contributed by atoms with Crippen LogP contribution in [0.5, 0.6) is 0 Å². The molecular weight excluding hydrogens is 324 g/mol. The molecule has 0 aromatic heterocycles. The summed E-state index contributed by atoms with van der Waals surface area (Å²) in [7, 11) is 0. The molecule has 19 heavy (non-hydrogen) atoms. The van der Waals surface area contributed by atoms with Gasteiger partial charge in [-0.1, -0.05) is 57.9 Å². The van der Waals surface area contributed by atoms with Gasteiger partial charge >= 0.3 is 0 Å². The molecule has 2 aromatic carbocycles. The average molecular weight is 338 g/mol. The van der Waals surface area contributed by atoms with Gasteiger partial charge in [-0.05, 0) is 35.7 Å². The van der Waals surface area contributed by atoms with E-state index in [1.807, 2.05) is 36.4 Å². The topological polar surface area (TPSA) is 24.4 Å². The summed E-state index contributed by atoms with van der Waals surface area (Å²) in [5.74, 6) is 0. The Bertz CT molecular complexity index is 596. The number of rotatable bonds is 4. The largest absolute Gasteiger partial charge is 0.306 e. The van der Waals surface area contributed by atoms with Crippen LogP contribution in [0.4, 0.5) is 0 Å². The smallest absolute Gasteiger partial charge is 0.0594 e. The zero-order valence-electron chi connectivity index (χ0n) is 10.5. The quantitative estimate of drug-likeness (QED) is 0.643. The Hall–Kier alpha value is -1.32. The monoisotopic (exact) mass is 336 g/mol. The van der Waals surface area contributed by atoms with Crippen molar-refractivity contribution in [1.82, 2.24) is 5.43 Å². The first kappa shape index (κ1) is 14.1. The molecule has 0 saturated heterocycles. The Labute approximate surface area is 126 Å². The molecule has 0 heterocycles. The number of hydrogen-bond donors (Lipinski definition) is 1. The molecule has 2 aromatic rings. The lowest BCUT2D eigenvalue weighted by Gasteiger charge is -2.03. The predicted octanol–water partition coefficient (Wildman–Crippen LogP) is 4.53. The molecule has 0 aliphatic rings. The maximum absolute atomic E-state index is 6.06. The van der Waals surface area contributed by atoms with E-state index in [1.165, 1.54) is 5.56 Å². The van der Waals surface area contributed by atoms with E-state index >= 15 is 0 Å². The first-order valence-corrected chi connectivity index (χ1v) is 7.09. The molecule has 0 aliphatic heterocycles. The van der Waals surface area contributed by atoms with E-state index in [2.05, 4.69) is 39.4 Å². The van der Waals surface area contributed by atoms with E-state index in [4.69, 9.17) is 11.6 Å². The van der Waals surface area contributed by atoms with Crippen LogP contribution in [0.1, 0.15) is 16.7 Å². The van der Waals surface area contributed by atoms with Crippen LogP contribution in [-0.2, 0) is 6.54 Å². The highest BCUT2D eigenvalue weighted by molar-refractivity contribution is 9.10. The van der Waals surface area contributed by atoms with Crippen molar-refractivity contribution in [3.63, 3.8) is 0 Å². The fourth-order valence-electron chi connectivity index (χ4n) is 1.58. The lowest BCUT2D eigenvalue weighted by molar-refractivity contribution is 0.748. The van der Waals surface area contributed by atoms with Crippen molar-refractivity contribution in [2.75, 3.05) is 0 Å². The first-order valence-electron chi connectivity index (χ1n) is 5.92. The Balaban J connectivity index is 1.93. The second-order valence-electron chi connectivity index (χ2n) is 4.19. The molecule has 4 heteroatoms. The lowest BCUT2D eigenvalue weighted by atomic mass is 10.2. The minimum Gasteiger partial charge on any atom is -0.306 e. The van der Waals surface area contributed by atoms with E-state index < -0.39 is 0 Å². The van der Waals surface area contributed by atoms with Crippen LogP contribution in [-0.4, -0.2) is 6.21 Å². The summed E-state index contributed by atoms with van der Waals surface area (Å²) in [4.78, 5) is 0. The summed E-state index contributed by atoms with van der Waals surface area (Å²) < 4.78 is 1.09. The van der Waals surface area contributed by atoms with Crippen molar-refractivity contribution >= 4 is 33.7 Å². The van der Waals surface area contributed by atoms with Gasteiger partial charge in [0.1, 0.15) is 0 Å². The molecule has 98 valence electrons. The van der Waals surface area contributed by atoms with Crippen LogP contribution < -0.4 is 5.43 Å². The van der Waals surface area contributed by atoms with Crippen LogP contribution in [0.3, 0.4) is 0 Å². The van der Waals surface area contributed by atoms with Crippen LogP contribution in [0.15, 0.2) is 52.0 Å². The summed E-state index contributed by atoms with van der Waals surface area (Å²) in [5.41, 5.74) is 6.28. The Kier molecular flexibility index (Phi) is 5.00. The Morgan fingerprint density at radius 1 is 1.26 bits per heavy atom. The van der Waals surface area contributed by atoms with Crippen LogP contribution in [0, 0.1) is 6.92 Å². The van der Waals surface area contributed by atoms with Gasteiger partial charge in [0, 0.05) is 9.50 Å². The second-order valence-corrected chi connectivity index (χ2v) is 5.45. The number of hydrogen-bond acceptors (Lipinski definition) is 2. The molecular formula is C15H14BrClN2. The van der Waals surface area contributed by atoms with Crippen molar-refractivity contribution in [3.8, 4) is 0 Å². The Morgan fingerprint density at radius 2 is 2.05 bits per heavy atom. The molecule has 0 bridgehead atoms. The highest BCUT2D eigenvalue weighted by atomic mass is 79.9. The molecule has 0 saturated carbocycles. The fraction of sp³-hybridized carbons (Fsp3) is 0.133. The maximum atomic E-state index is 6.06. The molecule has 0 unspecified atom stereocenters. The van der Waals surface area contributed by atoms with E-state index in [0.29, 0.717) is 6.54 Å². The number of halogens is 2. The number of nitrogens with zero attached hydrogens (tertiary/aromatic N) is 1. The zero-order chi connectivity index (χ0) is 13.7.